The second-order valence-electron chi connectivity index (χ2n) is 14.5. The lowest BCUT2D eigenvalue weighted by Gasteiger charge is -2.16. The summed E-state index contributed by atoms with van der Waals surface area (Å²) in [6.07, 6.45) is 7.08. The standard InChI is InChI=1S/C43H42N4O/c1-25(2)30-13-17-38-36(21-30)33-11-8-18-44-42(33)46(38)31-14-15-32-35-19-26(3)12-16-39(35)47(41(32)22-31)40-23-34(27(4)20-28(40)5)43-45-37(24-48-43)29-9-6-7-10-29/h8,11-23,25,29,37H,6-7,9-10,24H2,1-5H3/t37-/m0/s1. The molecule has 0 unspecified atom stereocenters. The van der Waals surface area contributed by atoms with Crippen molar-refractivity contribution in [3.05, 3.63) is 113 Å². The first-order valence-electron chi connectivity index (χ1n) is 17.6. The molecule has 9 rings (SSSR count). The van der Waals surface area contributed by atoms with Crippen molar-refractivity contribution in [2.45, 2.75) is 72.3 Å². The number of aromatic nitrogens is 3. The molecule has 1 fully saturated rings. The zero-order valence-corrected chi connectivity index (χ0v) is 28.5. The highest BCUT2D eigenvalue weighted by atomic mass is 16.5. The van der Waals surface area contributed by atoms with E-state index in [1.165, 1.54) is 86.0 Å². The normalized spacial score (nSPS) is 17.0. The van der Waals surface area contributed by atoms with Crippen LogP contribution in [0.5, 0.6) is 0 Å². The van der Waals surface area contributed by atoms with Crippen molar-refractivity contribution in [2.24, 2.45) is 10.9 Å². The molecule has 0 bridgehead atoms. The largest absolute Gasteiger partial charge is 0.475 e. The summed E-state index contributed by atoms with van der Waals surface area (Å²) in [6.45, 7) is 11.8. The fourth-order valence-corrected chi connectivity index (χ4v) is 8.44. The van der Waals surface area contributed by atoms with Crippen LogP contribution in [0.25, 0.3) is 55.1 Å². The molecule has 1 aliphatic heterocycles. The number of hydrogen-bond donors (Lipinski definition) is 0. The maximum absolute atomic E-state index is 6.35. The summed E-state index contributed by atoms with van der Waals surface area (Å²) in [5.74, 6) is 1.91. The van der Waals surface area contributed by atoms with Gasteiger partial charge in [0, 0.05) is 44.7 Å². The third kappa shape index (κ3) is 4.51. The van der Waals surface area contributed by atoms with Crippen molar-refractivity contribution >= 4 is 49.6 Å². The highest BCUT2D eigenvalue weighted by Crippen LogP contribution is 2.39. The topological polar surface area (TPSA) is 44.3 Å². The van der Waals surface area contributed by atoms with Crippen LogP contribution in [0, 0.1) is 26.7 Å². The molecule has 1 atom stereocenters. The first kappa shape index (κ1) is 29.3. The lowest BCUT2D eigenvalue weighted by molar-refractivity contribution is 0.279. The fourth-order valence-electron chi connectivity index (χ4n) is 8.44. The van der Waals surface area contributed by atoms with Crippen LogP contribution in [-0.4, -0.2) is 32.7 Å². The van der Waals surface area contributed by atoms with E-state index >= 15 is 0 Å². The second kappa shape index (κ2) is 11.1. The molecule has 0 spiro atoms. The average Bonchev–Trinajstić information content (AvgIpc) is 3.89. The molecule has 0 radical (unpaired) electrons. The van der Waals surface area contributed by atoms with Crippen LogP contribution in [-0.2, 0) is 4.74 Å². The smallest absolute Gasteiger partial charge is 0.216 e. The van der Waals surface area contributed by atoms with Gasteiger partial charge in [0.15, 0.2) is 0 Å². The van der Waals surface area contributed by atoms with Crippen LogP contribution in [0.15, 0.2) is 90.1 Å². The van der Waals surface area contributed by atoms with E-state index in [4.69, 9.17) is 14.7 Å². The molecule has 7 aromatic rings. The van der Waals surface area contributed by atoms with E-state index in [0.717, 1.165) is 28.5 Å². The fraction of sp³-hybridized carbons (Fsp3) is 0.302. The monoisotopic (exact) mass is 630 g/mol. The van der Waals surface area contributed by atoms with Gasteiger partial charge in [-0.25, -0.2) is 9.98 Å². The van der Waals surface area contributed by atoms with E-state index in [9.17, 15) is 0 Å². The Balaban J connectivity index is 1.28. The number of pyridine rings is 1. The summed E-state index contributed by atoms with van der Waals surface area (Å²) < 4.78 is 11.1. The summed E-state index contributed by atoms with van der Waals surface area (Å²) in [5.41, 5.74) is 12.9. The Morgan fingerprint density at radius 3 is 2.35 bits per heavy atom. The summed E-state index contributed by atoms with van der Waals surface area (Å²) >= 11 is 0. The molecule has 2 aliphatic rings. The Labute approximate surface area is 281 Å². The third-order valence-corrected chi connectivity index (χ3v) is 11.0. The number of aryl methyl sites for hydroxylation is 3. The van der Waals surface area contributed by atoms with E-state index < -0.39 is 0 Å². The number of aliphatic imine (C=N–C) groups is 1. The first-order chi connectivity index (χ1) is 23.4. The predicted molar refractivity (Wildman–Crippen MR) is 199 cm³/mol. The van der Waals surface area contributed by atoms with E-state index in [-0.39, 0.29) is 6.04 Å². The molecule has 240 valence electrons. The Bertz CT molecular complexity index is 2440. The second-order valence-corrected chi connectivity index (χ2v) is 14.5. The maximum Gasteiger partial charge on any atom is 0.216 e. The number of fused-ring (bicyclic) bond motifs is 6. The van der Waals surface area contributed by atoms with Gasteiger partial charge in [0.05, 0.1) is 22.6 Å². The van der Waals surface area contributed by atoms with Gasteiger partial charge in [-0.3, -0.25) is 4.57 Å². The maximum atomic E-state index is 6.35. The van der Waals surface area contributed by atoms with Crippen molar-refractivity contribution in [1.29, 1.82) is 0 Å². The molecule has 0 N–H and O–H groups in total. The Kier molecular flexibility index (Phi) is 6.76. The van der Waals surface area contributed by atoms with Crippen LogP contribution in [0.4, 0.5) is 0 Å². The van der Waals surface area contributed by atoms with Gasteiger partial charge in [0.1, 0.15) is 12.3 Å². The van der Waals surface area contributed by atoms with Crippen molar-refractivity contribution in [3.63, 3.8) is 0 Å². The van der Waals surface area contributed by atoms with Crippen LogP contribution >= 0.6 is 0 Å². The van der Waals surface area contributed by atoms with Gasteiger partial charge >= 0.3 is 0 Å². The van der Waals surface area contributed by atoms with E-state index in [1.807, 2.05) is 12.3 Å². The number of ether oxygens (including phenoxy) is 1. The lowest BCUT2D eigenvalue weighted by Crippen LogP contribution is -2.16. The number of hydrogen-bond acceptors (Lipinski definition) is 3. The van der Waals surface area contributed by atoms with E-state index in [2.05, 4.69) is 117 Å². The van der Waals surface area contributed by atoms with Gasteiger partial charge < -0.3 is 9.30 Å². The zero-order valence-electron chi connectivity index (χ0n) is 28.5. The first-order valence-corrected chi connectivity index (χ1v) is 17.6. The van der Waals surface area contributed by atoms with Gasteiger partial charge in [0.2, 0.25) is 5.90 Å². The molecule has 5 heteroatoms. The highest BCUT2D eigenvalue weighted by Gasteiger charge is 2.31. The Morgan fingerprint density at radius 1 is 0.729 bits per heavy atom. The average molecular weight is 631 g/mol. The Hall–Kier alpha value is -4.90. The molecule has 0 amide bonds. The molecule has 48 heavy (non-hydrogen) atoms. The lowest BCUT2D eigenvalue weighted by atomic mass is 10.00. The zero-order chi connectivity index (χ0) is 32.7. The predicted octanol–water partition coefficient (Wildman–Crippen LogP) is 10.7. The highest BCUT2D eigenvalue weighted by molar-refractivity contribution is 6.12. The molecular weight excluding hydrogens is 589 g/mol. The molecule has 3 aromatic heterocycles. The van der Waals surface area contributed by atoms with E-state index in [1.54, 1.807) is 0 Å². The molecule has 4 aromatic carbocycles. The van der Waals surface area contributed by atoms with Gasteiger partial charge in [-0.1, -0.05) is 56.5 Å². The van der Waals surface area contributed by atoms with Crippen LogP contribution in [0.1, 0.15) is 73.3 Å². The van der Waals surface area contributed by atoms with Crippen LogP contribution < -0.4 is 0 Å². The number of nitrogens with zero attached hydrogens (tertiary/aromatic N) is 4. The SMILES string of the molecule is Cc1ccc2c(c1)c1ccc(-n3c4ccc(C(C)C)cc4c4cccnc43)cc1n2-c1cc(C2=N[C@H](C3CCCC3)CO2)c(C)cc1C. The number of benzene rings is 4. The Morgan fingerprint density at radius 2 is 1.52 bits per heavy atom. The van der Waals surface area contributed by atoms with Gasteiger partial charge in [-0.15, -0.1) is 0 Å². The van der Waals surface area contributed by atoms with Gasteiger partial charge in [0.25, 0.3) is 0 Å². The van der Waals surface area contributed by atoms with Crippen LogP contribution in [0.3, 0.4) is 0 Å². The van der Waals surface area contributed by atoms with Gasteiger partial charge in [-0.2, -0.15) is 0 Å². The molecule has 5 nitrogen and oxygen atoms in total. The minimum atomic E-state index is 0.280. The molecular formula is C43H42N4O. The van der Waals surface area contributed by atoms with Crippen molar-refractivity contribution in [1.82, 2.24) is 14.1 Å². The summed E-state index contributed by atoms with van der Waals surface area (Å²) in [5, 5.41) is 4.92. The summed E-state index contributed by atoms with van der Waals surface area (Å²) in [4.78, 5) is 10.1. The molecule has 1 aliphatic carbocycles. The van der Waals surface area contributed by atoms with Crippen molar-refractivity contribution in [3.8, 4) is 11.4 Å². The van der Waals surface area contributed by atoms with Gasteiger partial charge in [-0.05, 0) is 117 Å². The molecule has 1 saturated carbocycles. The van der Waals surface area contributed by atoms with Crippen molar-refractivity contribution < 1.29 is 4.74 Å². The van der Waals surface area contributed by atoms with Crippen molar-refractivity contribution in [2.75, 3.05) is 6.61 Å². The van der Waals surface area contributed by atoms with Crippen LogP contribution in [0.2, 0.25) is 0 Å². The molecule has 4 heterocycles. The minimum absolute atomic E-state index is 0.280. The molecule has 0 saturated heterocycles. The van der Waals surface area contributed by atoms with E-state index in [0.29, 0.717) is 18.4 Å². The number of rotatable bonds is 5. The quantitative estimate of drug-likeness (QED) is 0.190. The summed E-state index contributed by atoms with van der Waals surface area (Å²) in [7, 11) is 0. The third-order valence-electron chi connectivity index (χ3n) is 11.0. The summed E-state index contributed by atoms with van der Waals surface area (Å²) in [6, 6.07) is 29.8. The minimum Gasteiger partial charge on any atom is -0.475 e.